The Morgan fingerprint density at radius 1 is 1.11 bits per heavy atom. The fourth-order valence-corrected chi connectivity index (χ4v) is 1.98. The number of imidazole rings is 1. The third kappa shape index (κ3) is 1.50. The predicted octanol–water partition coefficient (Wildman–Crippen LogP) is 2.72. The van der Waals surface area contributed by atoms with Gasteiger partial charge < -0.3 is 9.84 Å². The van der Waals surface area contributed by atoms with Crippen LogP contribution in [0.15, 0.2) is 48.7 Å². The number of methoxy groups -OCH3 is 1. The molecular formula is C14H12N2O2. The Morgan fingerprint density at radius 2 is 1.89 bits per heavy atom. The van der Waals surface area contributed by atoms with Crippen molar-refractivity contribution in [3.8, 4) is 22.9 Å². The Kier molecular flexibility index (Phi) is 2.41. The van der Waals surface area contributed by atoms with Crippen LogP contribution in [-0.4, -0.2) is 21.6 Å². The molecule has 0 radical (unpaired) electrons. The molecule has 0 saturated heterocycles. The van der Waals surface area contributed by atoms with E-state index in [9.17, 15) is 5.11 Å². The summed E-state index contributed by atoms with van der Waals surface area (Å²) in [5.41, 5.74) is 2.04. The first-order chi connectivity index (χ1) is 8.81. The van der Waals surface area contributed by atoms with Gasteiger partial charge in [-0.2, -0.15) is 0 Å². The minimum absolute atomic E-state index is 0.120. The highest BCUT2D eigenvalue weighted by Crippen LogP contribution is 2.32. The molecule has 0 amide bonds. The minimum atomic E-state index is 0.120. The lowest BCUT2D eigenvalue weighted by molar-refractivity contribution is 0.414. The molecule has 2 heterocycles. The largest absolute Gasteiger partial charge is 0.493 e. The van der Waals surface area contributed by atoms with Crippen molar-refractivity contribution in [2.24, 2.45) is 0 Å². The fraction of sp³-hybridized carbons (Fsp3) is 0.0714. The van der Waals surface area contributed by atoms with Gasteiger partial charge in [0.05, 0.1) is 7.11 Å². The highest BCUT2D eigenvalue weighted by Gasteiger charge is 2.15. The number of nitrogens with zero attached hydrogens (tertiary/aromatic N) is 2. The maximum atomic E-state index is 10.2. The molecule has 0 fully saturated rings. The number of benzene rings is 1. The number of hydrogen-bond acceptors (Lipinski definition) is 3. The van der Waals surface area contributed by atoms with E-state index < -0.39 is 0 Å². The first kappa shape index (κ1) is 10.7. The molecule has 4 nitrogen and oxygen atoms in total. The molecule has 4 heteroatoms. The van der Waals surface area contributed by atoms with Crippen LogP contribution in [0.3, 0.4) is 0 Å². The third-order valence-electron chi connectivity index (χ3n) is 2.86. The predicted molar refractivity (Wildman–Crippen MR) is 68.8 cm³/mol. The SMILES string of the molecule is COc1cccn2c(O)c(-c3ccccc3)nc12. The van der Waals surface area contributed by atoms with Crippen LogP contribution in [0, 0.1) is 0 Å². The van der Waals surface area contributed by atoms with Crippen LogP contribution in [-0.2, 0) is 0 Å². The molecule has 18 heavy (non-hydrogen) atoms. The van der Waals surface area contributed by atoms with Crippen LogP contribution in [0.4, 0.5) is 0 Å². The van der Waals surface area contributed by atoms with Gasteiger partial charge in [0.15, 0.2) is 11.4 Å². The first-order valence-electron chi connectivity index (χ1n) is 5.60. The molecule has 0 aliphatic heterocycles. The zero-order chi connectivity index (χ0) is 12.5. The van der Waals surface area contributed by atoms with Gasteiger partial charge >= 0.3 is 0 Å². The maximum Gasteiger partial charge on any atom is 0.224 e. The van der Waals surface area contributed by atoms with Gasteiger partial charge in [-0.1, -0.05) is 30.3 Å². The topological polar surface area (TPSA) is 46.8 Å². The van der Waals surface area contributed by atoms with Gasteiger partial charge in [0.1, 0.15) is 5.69 Å². The van der Waals surface area contributed by atoms with E-state index in [0.717, 1.165) is 5.56 Å². The van der Waals surface area contributed by atoms with E-state index in [4.69, 9.17) is 4.74 Å². The Morgan fingerprint density at radius 3 is 2.61 bits per heavy atom. The Bertz CT molecular complexity index is 690. The van der Waals surface area contributed by atoms with Crippen LogP contribution in [0.1, 0.15) is 0 Å². The average Bonchev–Trinajstić information content (AvgIpc) is 2.77. The summed E-state index contributed by atoms with van der Waals surface area (Å²) in [5, 5.41) is 10.2. The van der Waals surface area contributed by atoms with E-state index >= 15 is 0 Å². The summed E-state index contributed by atoms with van der Waals surface area (Å²) in [6.07, 6.45) is 1.76. The number of rotatable bonds is 2. The Labute approximate surface area is 104 Å². The minimum Gasteiger partial charge on any atom is -0.493 e. The van der Waals surface area contributed by atoms with Gasteiger partial charge in [0, 0.05) is 11.8 Å². The number of hydrogen-bond donors (Lipinski definition) is 1. The van der Waals surface area contributed by atoms with Crippen molar-refractivity contribution in [1.29, 1.82) is 0 Å². The molecule has 0 atom stereocenters. The fourth-order valence-electron chi connectivity index (χ4n) is 1.98. The van der Waals surface area contributed by atoms with Gasteiger partial charge in [0.25, 0.3) is 0 Å². The molecule has 3 rings (SSSR count). The van der Waals surface area contributed by atoms with Crippen molar-refractivity contribution in [3.05, 3.63) is 48.7 Å². The highest BCUT2D eigenvalue weighted by atomic mass is 16.5. The molecule has 0 unspecified atom stereocenters. The number of aromatic nitrogens is 2. The van der Waals surface area contributed by atoms with Gasteiger partial charge in [-0.15, -0.1) is 0 Å². The second kappa shape index (κ2) is 4.07. The third-order valence-corrected chi connectivity index (χ3v) is 2.86. The number of pyridine rings is 1. The molecule has 3 aromatic rings. The second-order valence-corrected chi connectivity index (χ2v) is 3.92. The van der Waals surface area contributed by atoms with Crippen molar-refractivity contribution in [2.75, 3.05) is 7.11 Å². The highest BCUT2D eigenvalue weighted by molar-refractivity contribution is 5.71. The van der Waals surface area contributed by atoms with E-state index in [-0.39, 0.29) is 5.88 Å². The summed E-state index contributed by atoms with van der Waals surface area (Å²) < 4.78 is 6.85. The molecule has 0 aliphatic carbocycles. The number of aromatic hydroxyl groups is 1. The number of fused-ring (bicyclic) bond motifs is 1. The summed E-state index contributed by atoms with van der Waals surface area (Å²) in [4.78, 5) is 4.44. The van der Waals surface area contributed by atoms with Crippen molar-refractivity contribution >= 4 is 5.65 Å². The van der Waals surface area contributed by atoms with Gasteiger partial charge in [-0.05, 0) is 12.1 Å². The molecule has 0 saturated carbocycles. The first-order valence-corrected chi connectivity index (χ1v) is 5.60. The summed E-state index contributed by atoms with van der Waals surface area (Å²) in [5.74, 6) is 0.755. The lowest BCUT2D eigenvalue weighted by Gasteiger charge is -2.00. The summed E-state index contributed by atoms with van der Waals surface area (Å²) in [6, 6.07) is 13.2. The summed E-state index contributed by atoms with van der Waals surface area (Å²) in [7, 11) is 1.59. The van der Waals surface area contributed by atoms with Crippen molar-refractivity contribution < 1.29 is 9.84 Å². The average molecular weight is 240 g/mol. The molecule has 0 aliphatic rings. The van der Waals surface area contributed by atoms with Crippen LogP contribution in [0.25, 0.3) is 16.9 Å². The molecule has 1 aromatic carbocycles. The second-order valence-electron chi connectivity index (χ2n) is 3.92. The quantitative estimate of drug-likeness (QED) is 0.749. The van der Waals surface area contributed by atoms with Crippen molar-refractivity contribution in [2.45, 2.75) is 0 Å². The maximum absolute atomic E-state index is 10.2. The molecule has 1 N–H and O–H groups in total. The van der Waals surface area contributed by atoms with E-state index in [0.29, 0.717) is 17.1 Å². The molecule has 2 aromatic heterocycles. The molecule has 0 spiro atoms. The summed E-state index contributed by atoms with van der Waals surface area (Å²) in [6.45, 7) is 0. The summed E-state index contributed by atoms with van der Waals surface area (Å²) >= 11 is 0. The Hall–Kier alpha value is -2.49. The van der Waals surface area contributed by atoms with Gasteiger partial charge in [-0.25, -0.2) is 4.98 Å². The number of ether oxygens (including phenoxy) is 1. The zero-order valence-electron chi connectivity index (χ0n) is 9.87. The monoisotopic (exact) mass is 240 g/mol. The lowest BCUT2D eigenvalue weighted by atomic mass is 10.2. The van der Waals surface area contributed by atoms with E-state index in [1.807, 2.05) is 42.5 Å². The lowest BCUT2D eigenvalue weighted by Crippen LogP contribution is -1.89. The van der Waals surface area contributed by atoms with E-state index in [1.165, 1.54) is 0 Å². The van der Waals surface area contributed by atoms with Crippen LogP contribution in [0.2, 0.25) is 0 Å². The van der Waals surface area contributed by atoms with Gasteiger partial charge in [-0.3, -0.25) is 4.40 Å². The van der Waals surface area contributed by atoms with Crippen molar-refractivity contribution in [1.82, 2.24) is 9.38 Å². The van der Waals surface area contributed by atoms with E-state index in [2.05, 4.69) is 4.98 Å². The standard InChI is InChI=1S/C14H12N2O2/c1-18-11-8-5-9-16-13(11)15-12(14(16)17)10-6-3-2-4-7-10/h2-9,17H,1H3. The Balaban J connectivity index is 2.29. The normalized spacial score (nSPS) is 10.7. The molecule has 90 valence electrons. The van der Waals surface area contributed by atoms with Crippen LogP contribution in [0.5, 0.6) is 11.6 Å². The van der Waals surface area contributed by atoms with E-state index in [1.54, 1.807) is 17.7 Å². The molecule has 0 bridgehead atoms. The molecular weight excluding hydrogens is 228 g/mol. The zero-order valence-corrected chi connectivity index (χ0v) is 9.87. The van der Waals surface area contributed by atoms with Crippen molar-refractivity contribution in [3.63, 3.8) is 0 Å². The van der Waals surface area contributed by atoms with Gasteiger partial charge in [0.2, 0.25) is 5.88 Å². The van der Waals surface area contributed by atoms with Crippen LogP contribution < -0.4 is 4.74 Å². The van der Waals surface area contributed by atoms with Crippen LogP contribution >= 0.6 is 0 Å². The smallest absolute Gasteiger partial charge is 0.224 e.